The highest BCUT2D eigenvalue weighted by Crippen LogP contribution is 2.32. The van der Waals surface area contributed by atoms with Crippen molar-refractivity contribution in [3.05, 3.63) is 54.1 Å². The number of methoxy groups -OCH3 is 1. The van der Waals surface area contributed by atoms with Gasteiger partial charge in [0.15, 0.2) is 0 Å². The SMILES string of the molecule is COc1ccc(NC(=O)C(c2ccc(O)cc2)N(C(=O)C(NC(=O)OC(C)(C)C)C(C)C)C(C)(C)C)cc1. The van der Waals surface area contributed by atoms with Gasteiger partial charge in [0.05, 0.1) is 7.11 Å². The number of anilines is 1. The van der Waals surface area contributed by atoms with Crippen LogP contribution in [0.1, 0.15) is 67.0 Å². The van der Waals surface area contributed by atoms with Crippen LogP contribution in [0.15, 0.2) is 48.5 Å². The summed E-state index contributed by atoms with van der Waals surface area (Å²) in [4.78, 5) is 42.1. The summed E-state index contributed by atoms with van der Waals surface area (Å²) in [5.74, 6) is -0.531. The summed E-state index contributed by atoms with van der Waals surface area (Å²) in [6.07, 6.45) is -0.720. The average Bonchev–Trinajstić information content (AvgIpc) is 2.79. The summed E-state index contributed by atoms with van der Waals surface area (Å²) < 4.78 is 10.6. The molecular formula is C29H41N3O6. The van der Waals surface area contributed by atoms with Crippen LogP contribution in [0.25, 0.3) is 0 Å². The van der Waals surface area contributed by atoms with Gasteiger partial charge in [-0.05, 0) is 89.4 Å². The van der Waals surface area contributed by atoms with Crippen molar-refractivity contribution in [2.24, 2.45) is 5.92 Å². The number of hydrogen-bond acceptors (Lipinski definition) is 6. The van der Waals surface area contributed by atoms with Gasteiger partial charge in [-0.15, -0.1) is 0 Å². The highest BCUT2D eigenvalue weighted by molar-refractivity contribution is 5.99. The van der Waals surface area contributed by atoms with E-state index in [4.69, 9.17) is 9.47 Å². The second-order valence-corrected chi connectivity index (χ2v) is 11.5. The van der Waals surface area contributed by atoms with Crippen LogP contribution in [-0.2, 0) is 14.3 Å². The number of nitrogens with one attached hydrogen (secondary N) is 2. The number of aromatic hydroxyl groups is 1. The molecule has 0 fully saturated rings. The van der Waals surface area contributed by atoms with Gasteiger partial charge in [0.1, 0.15) is 29.2 Å². The zero-order valence-electron chi connectivity index (χ0n) is 23.8. The summed E-state index contributed by atoms with van der Waals surface area (Å²) in [6, 6.07) is 10.9. The van der Waals surface area contributed by atoms with Gasteiger partial charge in [-0.2, -0.15) is 0 Å². The van der Waals surface area contributed by atoms with Crippen LogP contribution >= 0.6 is 0 Å². The smallest absolute Gasteiger partial charge is 0.408 e. The number of carbonyl (C=O) groups excluding carboxylic acids is 3. The Kier molecular flexibility index (Phi) is 9.78. The standard InChI is InChI=1S/C29H41N3O6/c1-18(2)23(31-27(36)38-29(6,7)8)26(35)32(28(3,4)5)24(19-10-14-21(33)15-11-19)25(34)30-20-12-16-22(37-9)17-13-20/h10-18,23-24,33H,1-9H3,(H,30,34)(H,31,36). The van der Waals surface area contributed by atoms with Crippen molar-refractivity contribution < 1.29 is 29.0 Å². The van der Waals surface area contributed by atoms with Crippen LogP contribution in [0.2, 0.25) is 0 Å². The number of ether oxygens (including phenoxy) is 2. The van der Waals surface area contributed by atoms with E-state index in [0.717, 1.165) is 0 Å². The molecule has 0 aliphatic heterocycles. The van der Waals surface area contributed by atoms with E-state index < -0.39 is 41.1 Å². The van der Waals surface area contributed by atoms with Gasteiger partial charge in [0.2, 0.25) is 5.91 Å². The molecule has 208 valence electrons. The number of nitrogens with zero attached hydrogens (tertiary/aromatic N) is 1. The molecule has 0 aromatic heterocycles. The van der Waals surface area contributed by atoms with Crippen molar-refractivity contribution >= 4 is 23.6 Å². The molecule has 0 radical (unpaired) electrons. The molecule has 2 rings (SSSR count). The molecule has 3 amide bonds. The molecule has 0 heterocycles. The minimum absolute atomic E-state index is 0.0309. The predicted molar refractivity (Wildman–Crippen MR) is 147 cm³/mol. The van der Waals surface area contributed by atoms with Crippen molar-refractivity contribution in [1.82, 2.24) is 10.2 Å². The maximum Gasteiger partial charge on any atom is 0.408 e. The van der Waals surface area contributed by atoms with E-state index in [1.807, 2.05) is 34.6 Å². The molecule has 2 unspecified atom stereocenters. The normalized spacial score (nSPS) is 13.3. The van der Waals surface area contributed by atoms with Gasteiger partial charge in [-0.3, -0.25) is 9.59 Å². The monoisotopic (exact) mass is 527 g/mol. The third-order valence-corrected chi connectivity index (χ3v) is 5.64. The third-order valence-electron chi connectivity index (χ3n) is 5.64. The number of phenols is 1. The molecule has 0 aliphatic carbocycles. The fourth-order valence-corrected chi connectivity index (χ4v) is 3.90. The Balaban J connectivity index is 2.54. The van der Waals surface area contributed by atoms with E-state index in [1.54, 1.807) is 64.3 Å². The average molecular weight is 528 g/mol. The largest absolute Gasteiger partial charge is 0.508 e. The van der Waals surface area contributed by atoms with Gasteiger partial charge in [0.25, 0.3) is 5.91 Å². The van der Waals surface area contributed by atoms with Crippen molar-refractivity contribution in [3.63, 3.8) is 0 Å². The van der Waals surface area contributed by atoms with Gasteiger partial charge in [-0.1, -0.05) is 26.0 Å². The molecule has 2 aromatic carbocycles. The summed E-state index contributed by atoms with van der Waals surface area (Å²) in [5, 5.41) is 15.5. The van der Waals surface area contributed by atoms with Gasteiger partial charge >= 0.3 is 6.09 Å². The lowest BCUT2D eigenvalue weighted by Crippen LogP contribution is -2.59. The van der Waals surface area contributed by atoms with Gasteiger partial charge < -0.3 is 30.1 Å². The summed E-state index contributed by atoms with van der Waals surface area (Å²) in [7, 11) is 1.55. The molecule has 2 aromatic rings. The quantitative estimate of drug-likeness (QED) is 0.431. The van der Waals surface area contributed by atoms with E-state index in [0.29, 0.717) is 17.0 Å². The molecule has 9 nitrogen and oxygen atoms in total. The molecule has 9 heteroatoms. The van der Waals surface area contributed by atoms with Gasteiger partial charge in [-0.25, -0.2) is 4.79 Å². The Bertz CT molecular complexity index is 1100. The van der Waals surface area contributed by atoms with E-state index in [2.05, 4.69) is 10.6 Å². The molecule has 0 saturated heterocycles. The maximum absolute atomic E-state index is 14.2. The van der Waals surface area contributed by atoms with E-state index in [1.165, 1.54) is 17.0 Å². The molecule has 0 spiro atoms. The summed E-state index contributed by atoms with van der Waals surface area (Å²) in [6.45, 7) is 14.3. The Morgan fingerprint density at radius 1 is 0.895 bits per heavy atom. The lowest BCUT2D eigenvalue weighted by Gasteiger charge is -2.43. The Hall–Kier alpha value is -3.75. The van der Waals surface area contributed by atoms with Crippen molar-refractivity contribution in [2.75, 3.05) is 12.4 Å². The fourth-order valence-electron chi connectivity index (χ4n) is 3.90. The van der Waals surface area contributed by atoms with Crippen LogP contribution in [0.5, 0.6) is 11.5 Å². The first-order valence-corrected chi connectivity index (χ1v) is 12.6. The number of phenolic OH excluding ortho intramolecular Hbond substituents is 1. The number of amides is 3. The summed E-state index contributed by atoms with van der Waals surface area (Å²) in [5.41, 5.74) is -0.560. The number of rotatable bonds is 8. The maximum atomic E-state index is 14.2. The highest BCUT2D eigenvalue weighted by atomic mass is 16.6. The van der Waals surface area contributed by atoms with Crippen LogP contribution < -0.4 is 15.4 Å². The first-order valence-electron chi connectivity index (χ1n) is 12.6. The van der Waals surface area contributed by atoms with Crippen LogP contribution in [0.4, 0.5) is 10.5 Å². The first-order chi connectivity index (χ1) is 17.5. The molecule has 3 N–H and O–H groups in total. The molecule has 38 heavy (non-hydrogen) atoms. The van der Waals surface area contributed by atoms with E-state index >= 15 is 0 Å². The number of alkyl carbamates (subject to hydrolysis) is 1. The molecule has 2 atom stereocenters. The molecule has 0 aliphatic rings. The molecule has 0 saturated carbocycles. The number of benzene rings is 2. The fraction of sp³-hybridized carbons (Fsp3) is 0.483. The topological polar surface area (TPSA) is 117 Å². The minimum atomic E-state index is -1.08. The zero-order chi connectivity index (χ0) is 28.8. The molecule has 0 bridgehead atoms. The lowest BCUT2D eigenvalue weighted by molar-refractivity contribution is -0.147. The van der Waals surface area contributed by atoms with E-state index in [9.17, 15) is 19.5 Å². The van der Waals surface area contributed by atoms with Gasteiger partial charge in [0, 0.05) is 11.2 Å². The second kappa shape index (κ2) is 12.2. The Morgan fingerprint density at radius 2 is 1.45 bits per heavy atom. The number of carbonyl (C=O) groups is 3. The van der Waals surface area contributed by atoms with Crippen LogP contribution in [0, 0.1) is 5.92 Å². The minimum Gasteiger partial charge on any atom is -0.508 e. The Labute approximate surface area is 225 Å². The van der Waals surface area contributed by atoms with Crippen molar-refractivity contribution in [3.8, 4) is 11.5 Å². The third kappa shape index (κ3) is 8.39. The first kappa shape index (κ1) is 30.5. The van der Waals surface area contributed by atoms with Crippen molar-refractivity contribution in [2.45, 2.75) is 78.6 Å². The second-order valence-electron chi connectivity index (χ2n) is 11.5. The predicted octanol–water partition coefficient (Wildman–Crippen LogP) is 5.26. The zero-order valence-corrected chi connectivity index (χ0v) is 23.8. The van der Waals surface area contributed by atoms with Crippen LogP contribution in [0.3, 0.4) is 0 Å². The number of hydrogen-bond donors (Lipinski definition) is 3. The van der Waals surface area contributed by atoms with E-state index in [-0.39, 0.29) is 11.7 Å². The molecular weight excluding hydrogens is 486 g/mol. The lowest BCUT2D eigenvalue weighted by atomic mass is 9.93. The Morgan fingerprint density at radius 3 is 1.89 bits per heavy atom. The van der Waals surface area contributed by atoms with Crippen LogP contribution in [-0.4, -0.2) is 52.2 Å². The van der Waals surface area contributed by atoms with Crippen molar-refractivity contribution in [1.29, 1.82) is 0 Å². The highest BCUT2D eigenvalue weighted by Gasteiger charge is 2.42. The summed E-state index contributed by atoms with van der Waals surface area (Å²) >= 11 is 0.